The Morgan fingerprint density at radius 2 is 2.47 bits per heavy atom. The van der Waals surface area contributed by atoms with Crippen molar-refractivity contribution >= 4 is 5.82 Å². The molecule has 0 bridgehead atoms. The molecule has 2 heterocycles. The predicted octanol–water partition coefficient (Wildman–Crippen LogP) is 2.20. The Hall–Kier alpha value is -1.16. The van der Waals surface area contributed by atoms with Crippen molar-refractivity contribution in [1.29, 1.82) is 0 Å². The quantitative estimate of drug-likeness (QED) is 0.812. The van der Waals surface area contributed by atoms with Gasteiger partial charge in [-0.25, -0.2) is 9.37 Å². The average Bonchev–Trinajstić information content (AvgIpc) is 2.22. The lowest BCUT2D eigenvalue weighted by atomic mass is 10.0. The van der Waals surface area contributed by atoms with Gasteiger partial charge in [0.2, 0.25) is 0 Å². The summed E-state index contributed by atoms with van der Waals surface area (Å²) in [6.45, 7) is 2.76. The Bertz CT molecular complexity index is 332. The molecule has 1 aliphatic rings. The molecule has 4 heteroatoms. The summed E-state index contributed by atoms with van der Waals surface area (Å²) in [6, 6.07) is 3.27. The molecule has 2 rings (SSSR count). The minimum Gasteiger partial charge on any atom is -0.378 e. The van der Waals surface area contributed by atoms with Gasteiger partial charge in [0.15, 0.2) is 11.6 Å². The highest BCUT2D eigenvalue weighted by molar-refractivity contribution is 5.36. The van der Waals surface area contributed by atoms with E-state index in [0.29, 0.717) is 5.82 Å². The number of nitrogens with zero attached hydrogens (tertiary/aromatic N) is 1. The van der Waals surface area contributed by atoms with Crippen LogP contribution in [0, 0.1) is 5.82 Å². The maximum absolute atomic E-state index is 13.3. The molecule has 1 saturated heterocycles. The molecule has 0 spiro atoms. The number of hydrogen-bond acceptors (Lipinski definition) is 3. The van der Waals surface area contributed by atoms with E-state index in [9.17, 15) is 4.39 Å². The molecular weight excluding hydrogens is 195 g/mol. The van der Waals surface area contributed by atoms with E-state index >= 15 is 0 Å². The van der Waals surface area contributed by atoms with Crippen molar-refractivity contribution in [3.8, 4) is 0 Å². The van der Waals surface area contributed by atoms with Crippen LogP contribution >= 0.6 is 0 Å². The van der Waals surface area contributed by atoms with E-state index in [-0.39, 0.29) is 18.0 Å². The van der Waals surface area contributed by atoms with Crippen LogP contribution in [0.25, 0.3) is 0 Å². The van der Waals surface area contributed by atoms with Crippen molar-refractivity contribution in [3.63, 3.8) is 0 Å². The second-order valence-electron chi connectivity index (χ2n) is 3.88. The van der Waals surface area contributed by atoms with Crippen LogP contribution in [0.3, 0.4) is 0 Å². The third-order valence-corrected chi connectivity index (χ3v) is 2.58. The Morgan fingerprint density at radius 1 is 1.60 bits per heavy atom. The maximum atomic E-state index is 13.3. The Kier molecular flexibility index (Phi) is 3.16. The van der Waals surface area contributed by atoms with Crippen LogP contribution in [0.4, 0.5) is 10.2 Å². The molecule has 0 amide bonds. The van der Waals surface area contributed by atoms with Crippen molar-refractivity contribution < 1.29 is 9.13 Å². The Labute approximate surface area is 88.7 Å². The second kappa shape index (κ2) is 4.57. The summed E-state index contributed by atoms with van der Waals surface area (Å²) in [5.41, 5.74) is 0. The van der Waals surface area contributed by atoms with Gasteiger partial charge in [-0.1, -0.05) is 0 Å². The Balaban J connectivity index is 1.99. The number of hydrogen-bond donors (Lipinski definition) is 1. The molecule has 1 aromatic rings. The van der Waals surface area contributed by atoms with Crippen molar-refractivity contribution in [1.82, 2.24) is 4.98 Å². The molecule has 2 atom stereocenters. The number of ether oxygens (including phenoxy) is 1. The molecule has 3 nitrogen and oxygen atoms in total. The van der Waals surface area contributed by atoms with Gasteiger partial charge in [-0.05, 0) is 31.9 Å². The zero-order chi connectivity index (χ0) is 10.7. The summed E-state index contributed by atoms with van der Waals surface area (Å²) in [5, 5.41) is 3.11. The number of nitrogens with one attached hydrogen (secondary N) is 1. The predicted molar refractivity (Wildman–Crippen MR) is 56.3 cm³/mol. The standard InChI is InChI=1S/C11H15FN2O/c1-8-7-9(4-6-15-8)14-11-10(12)3-2-5-13-11/h2-3,5,8-9H,4,6-7H2,1H3,(H,13,14)/t8-,9-/m0/s1. The number of rotatable bonds is 2. The Morgan fingerprint density at radius 3 is 3.20 bits per heavy atom. The summed E-state index contributed by atoms with van der Waals surface area (Å²) in [5.74, 6) is 0.0493. The fraction of sp³-hybridized carbons (Fsp3) is 0.545. The zero-order valence-electron chi connectivity index (χ0n) is 8.74. The lowest BCUT2D eigenvalue weighted by molar-refractivity contribution is 0.0231. The molecule has 0 radical (unpaired) electrons. The summed E-state index contributed by atoms with van der Waals surface area (Å²) < 4.78 is 18.7. The molecular formula is C11H15FN2O. The van der Waals surface area contributed by atoms with Gasteiger partial charge in [0, 0.05) is 18.8 Å². The maximum Gasteiger partial charge on any atom is 0.165 e. The van der Waals surface area contributed by atoms with E-state index < -0.39 is 0 Å². The number of aromatic nitrogens is 1. The lowest BCUT2D eigenvalue weighted by Gasteiger charge is -2.28. The highest BCUT2D eigenvalue weighted by Crippen LogP contribution is 2.18. The van der Waals surface area contributed by atoms with Crippen LogP contribution < -0.4 is 5.32 Å². The van der Waals surface area contributed by atoms with Crippen molar-refractivity contribution in [2.75, 3.05) is 11.9 Å². The summed E-state index contributed by atoms with van der Waals surface area (Å²) in [7, 11) is 0. The topological polar surface area (TPSA) is 34.2 Å². The molecule has 1 N–H and O–H groups in total. The highest BCUT2D eigenvalue weighted by atomic mass is 19.1. The molecule has 82 valence electrons. The number of anilines is 1. The van der Waals surface area contributed by atoms with Crippen molar-refractivity contribution in [3.05, 3.63) is 24.1 Å². The highest BCUT2D eigenvalue weighted by Gasteiger charge is 2.20. The van der Waals surface area contributed by atoms with Crippen LogP contribution in [-0.2, 0) is 4.74 Å². The van der Waals surface area contributed by atoms with E-state index in [1.807, 2.05) is 6.92 Å². The molecule has 1 fully saturated rings. The first-order valence-corrected chi connectivity index (χ1v) is 5.24. The fourth-order valence-electron chi connectivity index (χ4n) is 1.81. The lowest BCUT2D eigenvalue weighted by Crippen LogP contribution is -2.33. The first-order chi connectivity index (χ1) is 7.25. The second-order valence-corrected chi connectivity index (χ2v) is 3.88. The number of pyridine rings is 1. The van der Waals surface area contributed by atoms with Crippen LogP contribution in [0.5, 0.6) is 0 Å². The normalized spacial score (nSPS) is 26.3. The van der Waals surface area contributed by atoms with Crippen LogP contribution in [-0.4, -0.2) is 23.7 Å². The molecule has 0 aromatic carbocycles. The van der Waals surface area contributed by atoms with Gasteiger partial charge in [-0.2, -0.15) is 0 Å². The summed E-state index contributed by atoms with van der Waals surface area (Å²) in [4.78, 5) is 3.97. The average molecular weight is 210 g/mol. The van der Waals surface area contributed by atoms with E-state index in [0.717, 1.165) is 19.4 Å². The van der Waals surface area contributed by atoms with Gasteiger partial charge >= 0.3 is 0 Å². The van der Waals surface area contributed by atoms with E-state index in [4.69, 9.17) is 4.74 Å². The number of halogens is 1. The SMILES string of the molecule is C[C@H]1C[C@@H](Nc2ncccc2F)CCO1. The van der Waals surface area contributed by atoms with Gasteiger partial charge < -0.3 is 10.1 Å². The smallest absolute Gasteiger partial charge is 0.165 e. The zero-order valence-corrected chi connectivity index (χ0v) is 8.74. The summed E-state index contributed by atoms with van der Waals surface area (Å²) >= 11 is 0. The van der Waals surface area contributed by atoms with Gasteiger partial charge in [0.05, 0.1) is 6.10 Å². The van der Waals surface area contributed by atoms with E-state index in [1.54, 1.807) is 12.3 Å². The fourth-order valence-corrected chi connectivity index (χ4v) is 1.81. The third kappa shape index (κ3) is 2.65. The van der Waals surface area contributed by atoms with Crippen molar-refractivity contribution in [2.45, 2.75) is 31.9 Å². The largest absolute Gasteiger partial charge is 0.378 e. The monoisotopic (exact) mass is 210 g/mol. The molecule has 0 aliphatic carbocycles. The summed E-state index contributed by atoms with van der Waals surface area (Å²) in [6.07, 6.45) is 3.63. The molecule has 0 unspecified atom stereocenters. The van der Waals surface area contributed by atoms with Crippen LogP contribution in [0.2, 0.25) is 0 Å². The molecule has 15 heavy (non-hydrogen) atoms. The minimum absolute atomic E-state index is 0.239. The molecule has 1 aromatic heterocycles. The third-order valence-electron chi connectivity index (χ3n) is 2.58. The van der Waals surface area contributed by atoms with Gasteiger partial charge in [0.25, 0.3) is 0 Å². The van der Waals surface area contributed by atoms with Crippen molar-refractivity contribution in [2.24, 2.45) is 0 Å². The first-order valence-electron chi connectivity index (χ1n) is 5.24. The van der Waals surface area contributed by atoms with Gasteiger partial charge in [-0.15, -0.1) is 0 Å². The van der Waals surface area contributed by atoms with E-state index in [1.165, 1.54) is 6.07 Å². The van der Waals surface area contributed by atoms with Crippen LogP contribution in [0.15, 0.2) is 18.3 Å². The first kappa shape index (κ1) is 10.4. The van der Waals surface area contributed by atoms with E-state index in [2.05, 4.69) is 10.3 Å². The van der Waals surface area contributed by atoms with Gasteiger partial charge in [-0.3, -0.25) is 0 Å². The molecule has 0 saturated carbocycles. The van der Waals surface area contributed by atoms with Gasteiger partial charge in [0.1, 0.15) is 0 Å². The minimum atomic E-state index is -0.295. The molecule has 1 aliphatic heterocycles. The van der Waals surface area contributed by atoms with Crippen LogP contribution in [0.1, 0.15) is 19.8 Å².